The van der Waals surface area contributed by atoms with Gasteiger partial charge in [-0.15, -0.1) is 0 Å². The van der Waals surface area contributed by atoms with E-state index < -0.39 is 0 Å². The summed E-state index contributed by atoms with van der Waals surface area (Å²) < 4.78 is 11.1. The van der Waals surface area contributed by atoms with Crippen molar-refractivity contribution >= 4 is 0 Å². The van der Waals surface area contributed by atoms with Crippen molar-refractivity contribution in [1.82, 2.24) is 0 Å². The van der Waals surface area contributed by atoms with Crippen molar-refractivity contribution in [3.05, 3.63) is 0 Å². The van der Waals surface area contributed by atoms with E-state index in [0.717, 1.165) is 39.0 Å². The molecule has 0 radical (unpaired) electrons. The minimum absolute atomic E-state index is 0.0101. The molecule has 0 amide bonds. The first-order valence-electron chi connectivity index (χ1n) is 5.16. The van der Waals surface area contributed by atoms with Gasteiger partial charge in [0.25, 0.3) is 0 Å². The van der Waals surface area contributed by atoms with Gasteiger partial charge in [0.15, 0.2) is 6.29 Å². The molecule has 2 N–H and O–H groups in total. The molecule has 1 aliphatic heterocycles. The Labute approximate surface area is 80.6 Å². The molecule has 0 spiro atoms. The lowest BCUT2D eigenvalue weighted by molar-refractivity contribution is -0.131. The number of hydrogen-bond donors (Lipinski definition) is 1. The molecule has 1 rings (SSSR count). The molecule has 3 heteroatoms. The summed E-state index contributed by atoms with van der Waals surface area (Å²) in [5, 5.41) is 0. The molecular weight excluding hydrogens is 166 g/mol. The molecule has 1 saturated heterocycles. The first-order chi connectivity index (χ1) is 6.23. The first kappa shape index (κ1) is 11.0. The fourth-order valence-corrected chi connectivity index (χ4v) is 1.73. The van der Waals surface area contributed by atoms with Gasteiger partial charge in [-0.1, -0.05) is 13.8 Å². The number of ether oxygens (including phenoxy) is 2. The molecule has 1 aliphatic rings. The van der Waals surface area contributed by atoms with Gasteiger partial charge < -0.3 is 15.2 Å². The highest BCUT2D eigenvalue weighted by Crippen LogP contribution is 2.35. The molecule has 1 fully saturated rings. The smallest absolute Gasteiger partial charge is 0.163 e. The predicted octanol–water partition coefficient (Wildman–Crippen LogP) is 1.51. The molecule has 3 nitrogen and oxygen atoms in total. The highest BCUT2D eigenvalue weighted by molar-refractivity contribution is 4.78. The minimum Gasteiger partial charge on any atom is -0.350 e. The largest absolute Gasteiger partial charge is 0.350 e. The maximum Gasteiger partial charge on any atom is 0.163 e. The monoisotopic (exact) mass is 187 g/mol. The third-order valence-electron chi connectivity index (χ3n) is 2.95. The van der Waals surface area contributed by atoms with Crippen molar-refractivity contribution in [3.63, 3.8) is 0 Å². The zero-order valence-corrected chi connectivity index (χ0v) is 8.71. The van der Waals surface area contributed by atoms with Crippen LogP contribution in [0.4, 0.5) is 0 Å². The molecule has 0 aromatic heterocycles. The Kier molecular flexibility index (Phi) is 4.16. The van der Waals surface area contributed by atoms with Crippen LogP contribution in [-0.4, -0.2) is 26.0 Å². The molecular formula is C10H21NO2. The second-order valence-corrected chi connectivity index (χ2v) is 3.97. The molecule has 0 bridgehead atoms. The lowest BCUT2D eigenvalue weighted by Crippen LogP contribution is -2.33. The maximum atomic E-state index is 5.54. The zero-order valence-electron chi connectivity index (χ0n) is 8.71. The Hall–Kier alpha value is -0.120. The summed E-state index contributed by atoms with van der Waals surface area (Å²) in [5.41, 5.74) is 5.66. The second-order valence-electron chi connectivity index (χ2n) is 3.97. The summed E-state index contributed by atoms with van der Waals surface area (Å²) in [7, 11) is 0. The number of hydrogen-bond acceptors (Lipinski definition) is 3. The topological polar surface area (TPSA) is 44.5 Å². The van der Waals surface area contributed by atoms with Crippen molar-refractivity contribution in [2.24, 2.45) is 11.1 Å². The molecule has 1 heterocycles. The van der Waals surface area contributed by atoms with Gasteiger partial charge in [0.1, 0.15) is 0 Å². The Morgan fingerprint density at radius 2 is 2.00 bits per heavy atom. The molecule has 0 aromatic rings. The quantitative estimate of drug-likeness (QED) is 0.709. The van der Waals surface area contributed by atoms with Crippen LogP contribution < -0.4 is 5.73 Å². The van der Waals surface area contributed by atoms with E-state index in [0.29, 0.717) is 0 Å². The Morgan fingerprint density at radius 1 is 1.38 bits per heavy atom. The average Bonchev–Trinajstić information content (AvgIpc) is 2.67. The van der Waals surface area contributed by atoms with Crippen LogP contribution in [0.2, 0.25) is 0 Å². The van der Waals surface area contributed by atoms with Crippen molar-refractivity contribution in [1.29, 1.82) is 0 Å². The summed E-state index contributed by atoms with van der Waals surface area (Å²) in [4.78, 5) is 0. The van der Waals surface area contributed by atoms with Gasteiger partial charge in [0.05, 0.1) is 13.2 Å². The molecule has 1 atom stereocenters. The fraction of sp³-hybridized carbons (Fsp3) is 1.00. The highest BCUT2D eigenvalue weighted by atomic mass is 16.7. The van der Waals surface area contributed by atoms with Crippen LogP contribution in [0.15, 0.2) is 0 Å². The summed E-state index contributed by atoms with van der Waals surface area (Å²) in [6, 6.07) is 0. The maximum absolute atomic E-state index is 5.54. The van der Waals surface area contributed by atoms with Gasteiger partial charge in [-0.05, 0) is 25.8 Å². The van der Waals surface area contributed by atoms with Gasteiger partial charge in [-0.3, -0.25) is 0 Å². The predicted molar refractivity (Wildman–Crippen MR) is 52.4 cm³/mol. The van der Waals surface area contributed by atoms with E-state index in [1.54, 1.807) is 0 Å². The lowest BCUT2D eigenvalue weighted by Gasteiger charge is -2.32. The standard InChI is InChI=1S/C10H21NO2/c1-3-10(2,5-4-6-11)9-12-7-8-13-9/h9H,3-8,11H2,1-2H3/t10-/m1/s1. The Bertz CT molecular complexity index is 146. The zero-order chi connectivity index (χ0) is 9.73. The number of rotatable bonds is 5. The van der Waals surface area contributed by atoms with Crippen molar-refractivity contribution in [2.75, 3.05) is 19.8 Å². The summed E-state index contributed by atoms with van der Waals surface area (Å²) in [6.07, 6.45) is 3.21. The van der Waals surface area contributed by atoms with E-state index >= 15 is 0 Å². The third kappa shape index (κ3) is 2.66. The van der Waals surface area contributed by atoms with Crippen molar-refractivity contribution < 1.29 is 9.47 Å². The van der Waals surface area contributed by atoms with Crippen molar-refractivity contribution in [3.8, 4) is 0 Å². The van der Waals surface area contributed by atoms with Crippen LogP contribution in [0.3, 0.4) is 0 Å². The molecule has 13 heavy (non-hydrogen) atoms. The highest BCUT2D eigenvalue weighted by Gasteiger charge is 2.36. The van der Waals surface area contributed by atoms with Crippen molar-refractivity contribution in [2.45, 2.75) is 39.4 Å². The van der Waals surface area contributed by atoms with E-state index in [9.17, 15) is 0 Å². The molecule has 78 valence electrons. The van der Waals surface area contributed by atoms with E-state index in [2.05, 4.69) is 13.8 Å². The first-order valence-corrected chi connectivity index (χ1v) is 5.16. The van der Waals surface area contributed by atoms with Gasteiger partial charge in [-0.2, -0.15) is 0 Å². The van der Waals surface area contributed by atoms with Gasteiger partial charge in [-0.25, -0.2) is 0 Å². The minimum atomic E-state index is -0.0101. The van der Waals surface area contributed by atoms with Crippen LogP contribution in [-0.2, 0) is 9.47 Å². The Balaban J connectivity index is 2.45. The lowest BCUT2D eigenvalue weighted by atomic mass is 9.82. The summed E-state index contributed by atoms with van der Waals surface area (Å²) in [5.74, 6) is 0. The number of nitrogens with two attached hydrogens (primary N) is 1. The SMILES string of the molecule is CC[C@](C)(CCCN)C1OCCO1. The normalized spacial score (nSPS) is 23.3. The van der Waals surface area contributed by atoms with E-state index in [4.69, 9.17) is 15.2 Å². The molecule has 0 aliphatic carbocycles. The van der Waals surface area contributed by atoms with E-state index in [1.807, 2.05) is 0 Å². The average molecular weight is 187 g/mol. The van der Waals surface area contributed by atoms with Crippen LogP contribution in [0, 0.1) is 5.41 Å². The van der Waals surface area contributed by atoms with Crippen LogP contribution in [0.25, 0.3) is 0 Å². The van der Waals surface area contributed by atoms with Crippen LogP contribution in [0.5, 0.6) is 0 Å². The van der Waals surface area contributed by atoms with E-state index in [-0.39, 0.29) is 11.7 Å². The van der Waals surface area contributed by atoms with Crippen LogP contribution in [0.1, 0.15) is 33.1 Å². The molecule has 0 aromatic carbocycles. The summed E-state index contributed by atoms with van der Waals surface area (Å²) in [6.45, 7) is 6.63. The Morgan fingerprint density at radius 3 is 2.46 bits per heavy atom. The summed E-state index contributed by atoms with van der Waals surface area (Å²) >= 11 is 0. The second kappa shape index (κ2) is 4.94. The molecule has 0 unspecified atom stereocenters. The van der Waals surface area contributed by atoms with E-state index in [1.165, 1.54) is 0 Å². The molecule has 0 saturated carbocycles. The van der Waals surface area contributed by atoms with Gasteiger partial charge in [0.2, 0.25) is 0 Å². The van der Waals surface area contributed by atoms with Crippen LogP contribution >= 0.6 is 0 Å². The fourth-order valence-electron chi connectivity index (χ4n) is 1.73. The van der Waals surface area contributed by atoms with Gasteiger partial charge >= 0.3 is 0 Å². The van der Waals surface area contributed by atoms with Gasteiger partial charge in [0, 0.05) is 5.41 Å². The third-order valence-corrected chi connectivity index (χ3v) is 2.95.